The molecule has 0 saturated carbocycles. The van der Waals surface area contributed by atoms with Crippen molar-refractivity contribution in [1.82, 2.24) is 4.98 Å². The van der Waals surface area contributed by atoms with E-state index in [2.05, 4.69) is 9.72 Å². The fourth-order valence-corrected chi connectivity index (χ4v) is 1.48. The number of nitrogen functional groups attached to an aromatic ring is 1. The maximum Gasteiger partial charge on any atom is 0.311 e. The van der Waals surface area contributed by atoms with Crippen molar-refractivity contribution < 1.29 is 18.3 Å². The van der Waals surface area contributed by atoms with Crippen LogP contribution in [-0.2, 0) is 21.8 Å². The number of aromatic nitrogens is 1. The molecule has 0 spiro atoms. The SMILES string of the molecule is COC(=O)Cc1nc(C(F)F)cc(CCl)c1N. The number of anilines is 1. The minimum absolute atomic E-state index is 0.0255. The fourth-order valence-electron chi connectivity index (χ4n) is 1.26. The van der Waals surface area contributed by atoms with Crippen LogP contribution in [0, 0.1) is 0 Å². The van der Waals surface area contributed by atoms with E-state index in [-0.39, 0.29) is 23.7 Å². The number of rotatable bonds is 4. The summed E-state index contributed by atoms with van der Waals surface area (Å²) in [6.07, 6.45) is -3.00. The quantitative estimate of drug-likeness (QED) is 0.668. The molecule has 17 heavy (non-hydrogen) atoms. The van der Waals surface area contributed by atoms with Crippen molar-refractivity contribution in [1.29, 1.82) is 0 Å². The molecule has 0 radical (unpaired) electrons. The third kappa shape index (κ3) is 3.26. The molecule has 0 aliphatic carbocycles. The Balaban J connectivity index is 3.17. The van der Waals surface area contributed by atoms with E-state index in [0.717, 1.165) is 6.07 Å². The van der Waals surface area contributed by atoms with Gasteiger partial charge < -0.3 is 10.5 Å². The molecule has 0 aliphatic rings. The molecule has 1 rings (SSSR count). The van der Waals surface area contributed by atoms with Gasteiger partial charge in [-0.3, -0.25) is 4.79 Å². The third-order valence-corrected chi connectivity index (χ3v) is 2.44. The number of carbonyl (C=O) groups is 1. The van der Waals surface area contributed by atoms with Crippen molar-refractivity contribution in [3.63, 3.8) is 0 Å². The van der Waals surface area contributed by atoms with E-state index < -0.39 is 18.1 Å². The molecule has 0 aromatic carbocycles. The number of hydrogen-bond acceptors (Lipinski definition) is 4. The average molecular weight is 265 g/mol. The summed E-state index contributed by atoms with van der Waals surface area (Å²) in [4.78, 5) is 14.7. The number of nitrogens with zero attached hydrogens (tertiary/aromatic N) is 1. The largest absolute Gasteiger partial charge is 0.469 e. The second-order valence-electron chi connectivity index (χ2n) is 3.25. The van der Waals surface area contributed by atoms with Crippen LogP contribution in [0.1, 0.15) is 23.4 Å². The van der Waals surface area contributed by atoms with Crippen LogP contribution in [-0.4, -0.2) is 18.1 Å². The Morgan fingerprint density at radius 1 is 1.65 bits per heavy atom. The third-order valence-electron chi connectivity index (χ3n) is 2.15. The lowest BCUT2D eigenvalue weighted by atomic mass is 10.1. The highest BCUT2D eigenvalue weighted by Gasteiger charge is 2.17. The van der Waals surface area contributed by atoms with Gasteiger partial charge in [-0.2, -0.15) is 0 Å². The van der Waals surface area contributed by atoms with Gasteiger partial charge in [0.2, 0.25) is 0 Å². The van der Waals surface area contributed by atoms with Crippen molar-refractivity contribution >= 4 is 23.3 Å². The number of alkyl halides is 3. The number of esters is 1. The van der Waals surface area contributed by atoms with Gasteiger partial charge in [-0.25, -0.2) is 13.8 Å². The zero-order valence-corrected chi connectivity index (χ0v) is 9.80. The van der Waals surface area contributed by atoms with Crippen molar-refractivity contribution in [3.05, 3.63) is 23.0 Å². The molecule has 0 atom stereocenters. The predicted octanol–water partition coefficient (Wildman–Crippen LogP) is 2.06. The predicted molar refractivity (Wildman–Crippen MR) is 58.9 cm³/mol. The molecular formula is C10H11ClF2N2O2. The van der Waals surface area contributed by atoms with Crippen molar-refractivity contribution in [3.8, 4) is 0 Å². The van der Waals surface area contributed by atoms with Gasteiger partial charge >= 0.3 is 5.97 Å². The molecule has 1 heterocycles. The van der Waals surface area contributed by atoms with E-state index in [4.69, 9.17) is 17.3 Å². The lowest BCUT2D eigenvalue weighted by molar-refractivity contribution is -0.139. The Morgan fingerprint density at radius 2 is 2.29 bits per heavy atom. The number of halogens is 3. The second kappa shape index (κ2) is 5.77. The van der Waals surface area contributed by atoms with Gasteiger partial charge in [0.25, 0.3) is 6.43 Å². The van der Waals surface area contributed by atoms with E-state index in [1.807, 2.05) is 0 Å². The van der Waals surface area contributed by atoms with Gasteiger partial charge in [0.05, 0.1) is 24.9 Å². The summed E-state index contributed by atoms with van der Waals surface area (Å²) in [7, 11) is 1.19. The minimum atomic E-state index is -2.74. The Bertz CT molecular complexity index is 427. The zero-order chi connectivity index (χ0) is 13.0. The Hall–Kier alpha value is -1.43. The molecule has 94 valence electrons. The molecular weight excluding hydrogens is 254 g/mol. The molecule has 0 bridgehead atoms. The zero-order valence-electron chi connectivity index (χ0n) is 9.04. The Morgan fingerprint density at radius 3 is 2.76 bits per heavy atom. The van der Waals surface area contributed by atoms with Crippen LogP contribution in [0.15, 0.2) is 6.07 Å². The van der Waals surface area contributed by atoms with Gasteiger partial charge in [0.1, 0.15) is 5.69 Å². The first kappa shape index (κ1) is 13.6. The maximum atomic E-state index is 12.6. The van der Waals surface area contributed by atoms with Crippen molar-refractivity contribution in [2.24, 2.45) is 0 Å². The summed E-state index contributed by atoms with van der Waals surface area (Å²) in [5.41, 5.74) is 5.75. The first-order valence-electron chi connectivity index (χ1n) is 4.68. The fraction of sp³-hybridized carbons (Fsp3) is 0.400. The van der Waals surface area contributed by atoms with E-state index in [1.165, 1.54) is 7.11 Å². The molecule has 7 heteroatoms. The number of hydrogen-bond donors (Lipinski definition) is 1. The molecule has 1 aromatic heterocycles. The number of pyridine rings is 1. The van der Waals surface area contributed by atoms with Gasteiger partial charge in [-0.05, 0) is 11.6 Å². The highest BCUT2D eigenvalue weighted by Crippen LogP contribution is 2.25. The summed E-state index contributed by atoms with van der Waals surface area (Å²) < 4.78 is 29.5. The van der Waals surface area contributed by atoms with E-state index >= 15 is 0 Å². The smallest absolute Gasteiger partial charge is 0.311 e. The number of carbonyl (C=O) groups excluding carboxylic acids is 1. The highest BCUT2D eigenvalue weighted by atomic mass is 35.5. The number of nitrogens with two attached hydrogens (primary N) is 1. The van der Waals surface area contributed by atoms with Crippen LogP contribution >= 0.6 is 11.6 Å². The normalized spacial score (nSPS) is 10.6. The molecule has 0 unspecified atom stereocenters. The highest BCUT2D eigenvalue weighted by molar-refractivity contribution is 6.17. The molecule has 0 saturated heterocycles. The summed E-state index contributed by atoms with van der Waals surface area (Å²) in [5.74, 6) is -0.626. The van der Waals surface area contributed by atoms with Crippen LogP contribution in [0.3, 0.4) is 0 Å². The van der Waals surface area contributed by atoms with Gasteiger partial charge in [0.15, 0.2) is 0 Å². The number of ether oxygens (including phenoxy) is 1. The van der Waals surface area contributed by atoms with Crippen LogP contribution < -0.4 is 5.73 Å². The Kier molecular flexibility index (Phi) is 4.62. The average Bonchev–Trinajstić information content (AvgIpc) is 2.31. The first-order valence-corrected chi connectivity index (χ1v) is 5.22. The second-order valence-corrected chi connectivity index (χ2v) is 3.52. The monoisotopic (exact) mass is 264 g/mol. The van der Waals surface area contributed by atoms with Crippen molar-refractivity contribution in [2.45, 2.75) is 18.7 Å². The summed E-state index contributed by atoms with van der Waals surface area (Å²) >= 11 is 5.58. The van der Waals surface area contributed by atoms with Gasteiger partial charge in [-0.15, -0.1) is 11.6 Å². The standard InChI is InChI=1S/C10H11ClF2N2O2/c1-17-8(16)3-6-9(14)5(4-11)2-7(15-6)10(12)13/h2,10H,3-4,14H2,1H3. The number of methoxy groups -OCH3 is 1. The minimum Gasteiger partial charge on any atom is -0.469 e. The summed E-state index contributed by atoms with van der Waals surface area (Å²) in [5, 5.41) is 0. The van der Waals surface area contributed by atoms with Crippen LogP contribution in [0.4, 0.5) is 14.5 Å². The van der Waals surface area contributed by atoms with Crippen LogP contribution in [0.25, 0.3) is 0 Å². The van der Waals surface area contributed by atoms with E-state index in [9.17, 15) is 13.6 Å². The molecule has 0 amide bonds. The molecule has 4 nitrogen and oxygen atoms in total. The van der Waals surface area contributed by atoms with Crippen LogP contribution in [0.2, 0.25) is 0 Å². The van der Waals surface area contributed by atoms with E-state index in [0.29, 0.717) is 5.56 Å². The van der Waals surface area contributed by atoms with Crippen molar-refractivity contribution in [2.75, 3.05) is 12.8 Å². The summed E-state index contributed by atoms with van der Waals surface area (Å²) in [6, 6.07) is 1.13. The summed E-state index contributed by atoms with van der Waals surface area (Å²) in [6.45, 7) is 0. The topological polar surface area (TPSA) is 65.2 Å². The molecule has 2 N–H and O–H groups in total. The Labute approximate surface area is 102 Å². The van der Waals surface area contributed by atoms with Crippen LogP contribution in [0.5, 0.6) is 0 Å². The molecule has 0 fully saturated rings. The lowest BCUT2D eigenvalue weighted by Crippen LogP contribution is -2.12. The van der Waals surface area contributed by atoms with Gasteiger partial charge in [-0.1, -0.05) is 0 Å². The lowest BCUT2D eigenvalue weighted by Gasteiger charge is -2.10. The van der Waals surface area contributed by atoms with E-state index in [1.54, 1.807) is 0 Å². The molecule has 1 aromatic rings. The molecule has 0 aliphatic heterocycles. The maximum absolute atomic E-state index is 12.6. The van der Waals surface area contributed by atoms with Gasteiger partial charge in [0, 0.05) is 5.88 Å². The first-order chi connectivity index (χ1) is 7.99.